The molecule has 138 valence electrons. The molecule has 4 aromatic carbocycles. The summed E-state index contributed by atoms with van der Waals surface area (Å²) in [6.45, 7) is 0.477. The van der Waals surface area contributed by atoms with E-state index < -0.39 is 7.14 Å². The molecule has 0 spiro atoms. The summed E-state index contributed by atoms with van der Waals surface area (Å²) in [5.74, 6) is 0.716. The van der Waals surface area contributed by atoms with Gasteiger partial charge in [0.05, 0.1) is 0 Å². The maximum Gasteiger partial charge on any atom is 0.171 e. The van der Waals surface area contributed by atoms with Crippen molar-refractivity contribution in [3.8, 4) is 5.75 Å². The second kappa shape index (κ2) is 8.29. The van der Waals surface area contributed by atoms with Crippen molar-refractivity contribution in [2.24, 2.45) is 0 Å². The van der Waals surface area contributed by atoms with Crippen LogP contribution in [0.3, 0.4) is 0 Å². The van der Waals surface area contributed by atoms with E-state index in [-0.39, 0.29) is 0 Å². The van der Waals surface area contributed by atoms with Crippen LogP contribution in [0, 0.1) is 0 Å². The van der Waals surface area contributed by atoms with Crippen LogP contribution in [-0.4, -0.2) is 0 Å². The quantitative estimate of drug-likeness (QED) is 0.442. The zero-order valence-corrected chi connectivity index (χ0v) is 16.3. The van der Waals surface area contributed by atoms with Crippen molar-refractivity contribution in [3.05, 3.63) is 121 Å². The molecule has 0 atom stereocenters. The Balaban J connectivity index is 1.73. The van der Waals surface area contributed by atoms with Gasteiger partial charge in [-0.1, -0.05) is 103 Å². The van der Waals surface area contributed by atoms with Crippen LogP contribution in [0.1, 0.15) is 5.56 Å². The first-order valence-electron chi connectivity index (χ1n) is 9.25. The van der Waals surface area contributed by atoms with E-state index in [2.05, 4.69) is 0 Å². The van der Waals surface area contributed by atoms with E-state index in [0.29, 0.717) is 12.4 Å². The van der Waals surface area contributed by atoms with E-state index in [1.54, 1.807) is 0 Å². The molecule has 0 heterocycles. The molecule has 0 unspecified atom stereocenters. The fourth-order valence-electron chi connectivity index (χ4n) is 3.23. The highest BCUT2D eigenvalue weighted by molar-refractivity contribution is 7.85. The molecule has 4 aromatic rings. The molecular formula is C25H21O2P. The number of hydrogen-bond acceptors (Lipinski definition) is 2. The molecule has 28 heavy (non-hydrogen) atoms. The standard InChI is InChI=1S/C25H21O2P/c26-28(23-14-6-2-7-15-23,24-16-8-3-9-17-24)25-18-10-13-22(19-25)27-20-21-11-4-1-5-12-21/h1-19H,20H2. The van der Waals surface area contributed by atoms with Crippen molar-refractivity contribution < 1.29 is 9.30 Å². The van der Waals surface area contributed by atoms with Crippen LogP contribution >= 0.6 is 7.14 Å². The first-order valence-corrected chi connectivity index (χ1v) is 11.0. The lowest BCUT2D eigenvalue weighted by Gasteiger charge is -2.20. The average molecular weight is 384 g/mol. The van der Waals surface area contributed by atoms with Crippen LogP contribution in [-0.2, 0) is 11.2 Å². The lowest BCUT2D eigenvalue weighted by molar-refractivity contribution is 0.306. The Bertz CT molecular complexity index is 1030. The van der Waals surface area contributed by atoms with Gasteiger partial charge in [-0.15, -0.1) is 0 Å². The van der Waals surface area contributed by atoms with Crippen molar-refractivity contribution in [2.45, 2.75) is 6.61 Å². The highest BCUT2D eigenvalue weighted by Crippen LogP contribution is 2.42. The second-order valence-corrected chi connectivity index (χ2v) is 9.32. The monoisotopic (exact) mass is 384 g/mol. The van der Waals surface area contributed by atoms with E-state index in [1.165, 1.54) is 0 Å². The predicted molar refractivity (Wildman–Crippen MR) is 117 cm³/mol. The Hall–Kier alpha value is -3.09. The maximum atomic E-state index is 14.4. The normalized spacial score (nSPS) is 11.1. The predicted octanol–water partition coefficient (Wildman–Crippen LogP) is 4.91. The highest BCUT2D eigenvalue weighted by Gasteiger charge is 2.29. The highest BCUT2D eigenvalue weighted by atomic mass is 31.2. The first kappa shape index (κ1) is 18.3. The van der Waals surface area contributed by atoms with E-state index in [4.69, 9.17) is 4.74 Å². The number of benzene rings is 4. The molecule has 0 aromatic heterocycles. The van der Waals surface area contributed by atoms with Crippen molar-refractivity contribution in [2.75, 3.05) is 0 Å². The number of ether oxygens (including phenoxy) is 1. The summed E-state index contributed by atoms with van der Waals surface area (Å²) in [4.78, 5) is 0. The van der Waals surface area contributed by atoms with Gasteiger partial charge in [0.2, 0.25) is 0 Å². The van der Waals surface area contributed by atoms with Crippen LogP contribution in [0.15, 0.2) is 115 Å². The molecule has 0 saturated heterocycles. The van der Waals surface area contributed by atoms with E-state index in [0.717, 1.165) is 21.5 Å². The minimum Gasteiger partial charge on any atom is -0.489 e. The molecule has 0 aliphatic heterocycles. The van der Waals surface area contributed by atoms with E-state index >= 15 is 0 Å². The van der Waals surface area contributed by atoms with Gasteiger partial charge in [-0.25, -0.2) is 0 Å². The SMILES string of the molecule is O=P(c1ccccc1)(c1ccccc1)c1cccc(OCc2ccccc2)c1. The molecule has 3 heteroatoms. The summed E-state index contributed by atoms with van der Waals surface area (Å²) in [5.41, 5.74) is 1.10. The van der Waals surface area contributed by atoms with Crippen molar-refractivity contribution in [1.29, 1.82) is 0 Å². The van der Waals surface area contributed by atoms with Gasteiger partial charge in [-0.05, 0) is 17.7 Å². The Kier molecular flexibility index (Phi) is 5.41. The fourth-order valence-corrected chi connectivity index (χ4v) is 5.92. The summed E-state index contributed by atoms with van der Waals surface area (Å²) >= 11 is 0. The lowest BCUT2D eigenvalue weighted by atomic mass is 10.2. The molecule has 0 radical (unpaired) electrons. The van der Waals surface area contributed by atoms with E-state index in [1.807, 2.05) is 115 Å². The van der Waals surface area contributed by atoms with Gasteiger partial charge in [-0.2, -0.15) is 0 Å². The molecule has 4 rings (SSSR count). The van der Waals surface area contributed by atoms with Gasteiger partial charge in [0.25, 0.3) is 0 Å². The Morgan fingerprint density at radius 3 is 1.64 bits per heavy atom. The number of hydrogen-bond donors (Lipinski definition) is 0. The van der Waals surface area contributed by atoms with Crippen LogP contribution in [0.2, 0.25) is 0 Å². The third-order valence-electron chi connectivity index (χ3n) is 4.67. The number of rotatable bonds is 6. The minimum absolute atomic E-state index is 0.477. The van der Waals surface area contributed by atoms with Crippen LogP contribution in [0.4, 0.5) is 0 Å². The lowest BCUT2D eigenvalue weighted by Crippen LogP contribution is -2.25. The Morgan fingerprint density at radius 1 is 0.571 bits per heavy atom. The second-order valence-electron chi connectivity index (χ2n) is 6.55. The zero-order valence-electron chi connectivity index (χ0n) is 15.4. The van der Waals surface area contributed by atoms with Crippen molar-refractivity contribution in [1.82, 2.24) is 0 Å². The summed E-state index contributed by atoms with van der Waals surface area (Å²) in [6.07, 6.45) is 0. The Morgan fingerprint density at radius 2 is 1.07 bits per heavy atom. The van der Waals surface area contributed by atoms with Gasteiger partial charge in [0, 0.05) is 15.9 Å². The molecule has 0 amide bonds. The summed E-state index contributed by atoms with van der Waals surface area (Å²) in [6, 6.07) is 37.0. The van der Waals surface area contributed by atoms with Crippen LogP contribution in [0.25, 0.3) is 0 Å². The van der Waals surface area contributed by atoms with E-state index in [9.17, 15) is 4.57 Å². The molecule has 0 aliphatic carbocycles. The van der Waals surface area contributed by atoms with Crippen LogP contribution in [0.5, 0.6) is 5.75 Å². The van der Waals surface area contributed by atoms with Crippen molar-refractivity contribution >= 4 is 23.1 Å². The molecule has 0 saturated carbocycles. The topological polar surface area (TPSA) is 26.3 Å². The summed E-state index contributed by atoms with van der Waals surface area (Å²) < 4.78 is 20.4. The van der Waals surface area contributed by atoms with Gasteiger partial charge >= 0.3 is 0 Å². The molecule has 2 nitrogen and oxygen atoms in total. The summed E-state index contributed by atoms with van der Waals surface area (Å²) in [7, 11) is -2.98. The third kappa shape index (κ3) is 3.78. The molecule has 0 N–H and O–H groups in total. The molecule has 0 bridgehead atoms. The third-order valence-corrected chi connectivity index (χ3v) is 7.73. The van der Waals surface area contributed by atoms with Gasteiger partial charge in [-0.3, -0.25) is 0 Å². The maximum absolute atomic E-state index is 14.4. The fraction of sp³-hybridized carbons (Fsp3) is 0.0400. The van der Waals surface area contributed by atoms with Crippen molar-refractivity contribution in [3.63, 3.8) is 0 Å². The molecule has 0 fully saturated rings. The molecular weight excluding hydrogens is 363 g/mol. The largest absolute Gasteiger partial charge is 0.489 e. The first-order chi connectivity index (χ1) is 13.8. The zero-order chi connectivity index (χ0) is 19.2. The molecule has 0 aliphatic rings. The van der Waals surface area contributed by atoms with Gasteiger partial charge in [0.15, 0.2) is 7.14 Å². The van der Waals surface area contributed by atoms with Gasteiger partial charge < -0.3 is 9.30 Å². The smallest absolute Gasteiger partial charge is 0.171 e. The average Bonchev–Trinajstić information content (AvgIpc) is 2.79. The minimum atomic E-state index is -2.98. The Labute approximate surface area is 165 Å². The van der Waals surface area contributed by atoms with Gasteiger partial charge in [0.1, 0.15) is 12.4 Å². The van der Waals surface area contributed by atoms with Crippen LogP contribution < -0.4 is 20.7 Å². The summed E-state index contributed by atoms with van der Waals surface area (Å²) in [5, 5.41) is 2.42.